The number of aromatic nitrogens is 1. The molecule has 1 aromatic heterocycles. The summed E-state index contributed by atoms with van der Waals surface area (Å²) in [5.41, 5.74) is 1.13. The van der Waals surface area contributed by atoms with Crippen molar-refractivity contribution in [3.05, 3.63) is 29.0 Å². The van der Waals surface area contributed by atoms with Crippen LogP contribution >= 0.6 is 11.6 Å². The first-order chi connectivity index (χ1) is 7.27. The van der Waals surface area contributed by atoms with Gasteiger partial charge in [0.2, 0.25) is 0 Å². The van der Waals surface area contributed by atoms with Crippen LogP contribution < -0.4 is 5.32 Å². The van der Waals surface area contributed by atoms with Crippen LogP contribution in [-0.2, 0) is 0 Å². The van der Waals surface area contributed by atoms with Crippen molar-refractivity contribution in [3.8, 4) is 0 Å². The fourth-order valence-electron chi connectivity index (χ4n) is 2.26. The molecule has 1 aliphatic heterocycles. The Morgan fingerprint density at radius 2 is 2.13 bits per heavy atom. The lowest BCUT2D eigenvalue weighted by Crippen LogP contribution is -2.30. The molecule has 1 atom stereocenters. The molecule has 0 spiro atoms. The molecular formula is C12H17ClN2. The zero-order chi connectivity index (χ0) is 10.7. The van der Waals surface area contributed by atoms with Gasteiger partial charge in [-0.15, -0.1) is 0 Å². The van der Waals surface area contributed by atoms with Crippen molar-refractivity contribution in [2.24, 2.45) is 5.92 Å². The van der Waals surface area contributed by atoms with Gasteiger partial charge in [0, 0.05) is 11.6 Å². The molecule has 0 aromatic carbocycles. The fraction of sp³-hybridized carbons (Fsp3) is 0.583. The lowest BCUT2D eigenvalue weighted by molar-refractivity contribution is 0.327. The van der Waals surface area contributed by atoms with E-state index in [1.54, 1.807) is 0 Å². The number of hydrogen-bond acceptors (Lipinski definition) is 2. The van der Waals surface area contributed by atoms with Gasteiger partial charge in [0.15, 0.2) is 0 Å². The maximum absolute atomic E-state index is 5.90. The molecule has 0 aliphatic carbocycles. The number of halogens is 1. The molecule has 1 N–H and O–H groups in total. The molecule has 0 amide bonds. The fourth-order valence-corrected chi connectivity index (χ4v) is 2.43. The van der Waals surface area contributed by atoms with E-state index in [-0.39, 0.29) is 0 Å². The third-order valence-electron chi connectivity index (χ3n) is 3.29. The van der Waals surface area contributed by atoms with Crippen molar-refractivity contribution >= 4 is 11.6 Å². The Hall–Kier alpha value is -0.600. The monoisotopic (exact) mass is 224 g/mol. The Morgan fingerprint density at radius 3 is 2.80 bits per heavy atom. The molecule has 1 aromatic rings. The number of rotatable bonds is 2. The number of nitrogens with one attached hydrogen (secondary N) is 1. The van der Waals surface area contributed by atoms with E-state index < -0.39 is 0 Å². The van der Waals surface area contributed by atoms with Gasteiger partial charge in [0.1, 0.15) is 5.15 Å². The standard InChI is InChI=1S/C12H17ClN2/c1-9(10-5-7-14-8-6-10)11-3-2-4-12(13)15-11/h2-4,9-10,14H,5-8H2,1H3. The van der Waals surface area contributed by atoms with Gasteiger partial charge in [-0.1, -0.05) is 24.6 Å². The molecule has 1 aliphatic rings. The molecule has 15 heavy (non-hydrogen) atoms. The lowest BCUT2D eigenvalue weighted by atomic mass is 9.84. The number of pyridine rings is 1. The van der Waals surface area contributed by atoms with Crippen molar-refractivity contribution in [2.75, 3.05) is 13.1 Å². The largest absolute Gasteiger partial charge is 0.317 e. The summed E-state index contributed by atoms with van der Waals surface area (Å²) in [7, 11) is 0. The average Bonchev–Trinajstić information content (AvgIpc) is 2.29. The van der Waals surface area contributed by atoms with Gasteiger partial charge in [-0.3, -0.25) is 0 Å². The SMILES string of the molecule is CC(c1cccc(Cl)n1)C1CCNCC1. The summed E-state index contributed by atoms with van der Waals surface area (Å²) in [5.74, 6) is 1.27. The molecule has 2 heterocycles. The smallest absolute Gasteiger partial charge is 0.129 e. The van der Waals surface area contributed by atoms with Gasteiger partial charge in [-0.25, -0.2) is 4.98 Å². The minimum atomic E-state index is 0.519. The van der Waals surface area contributed by atoms with E-state index >= 15 is 0 Å². The van der Waals surface area contributed by atoms with E-state index in [9.17, 15) is 0 Å². The Labute approximate surface area is 96.1 Å². The summed E-state index contributed by atoms with van der Waals surface area (Å²) < 4.78 is 0. The van der Waals surface area contributed by atoms with E-state index in [0.29, 0.717) is 11.1 Å². The zero-order valence-electron chi connectivity index (χ0n) is 9.04. The third kappa shape index (κ3) is 2.70. The van der Waals surface area contributed by atoms with Crippen molar-refractivity contribution < 1.29 is 0 Å². The first-order valence-electron chi connectivity index (χ1n) is 5.60. The van der Waals surface area contributed by atoms with Crippen molar-refractivity contribution in [1.82, 2.24) is 10.3 Å². The summed E-state index contributed by atoms with van der Waals surface area (Å²) in [6, 6.07) is 5.90. The summed E-state index contributed by atoms with van der Waals surface area (Å²) >= 11 is 5.90. The van der Waals surface area contributed by atoms with Crippen LogP contribution in [0, 0.1) is 5.92 Å². The van der Waals surface area contributed by atoms with E-state index in [0.717, 1.165) is 24.7 Å². The molecule has 1 saturated heterocycles. The van der Waals surface area contributed by atoms with E-state index in [2.05, 4.69) is 23.3 Å². The second kappa shape index (κ2) is 4.95. The lowest BCUT2D eigenvalue weighted by Gasteiger charge is -2.27. The Bertz CT molecular complexity index is 321. The van der Waals surface area contributed by atoms with Crippen LogP contribution in [-0.4, -0.2) is 18.1 Å². The Morgan fingerprint density at radius 1 is 1.40 bits per heavy atom. The quantitative estimate of drug-likeness (QED) is 0.782. The summed E-state index contributed by atoms with van der Waals surface area (Å²) in [5, 5.41) is 3.99. The van der Waals surface area contributed by atoms with Gasteiger partial charge in [0.25, 0.3) is 0 Å². The maximum atomic E-state index is 5.90. The van der Waals surface area contributed by atoms with Gasteiger partial charge < -0.3 is 5.32 Å². The van der Waals surface area contributed by atoms with Crippen LogP contribution in [0.1, 0.15) is 31.4 Å². The van der Waals surface area contributed by atoms with Crippen molar-refractivity contribution in [3.63, 3.8) is 0 Å². The maximum Gasteiger partial charge on any atom is 0.129 e. The first-order valence-corrected chi connectivity index (χ1v) is 5.98. The molecule has 0 saturated carbocycles. The molecule has 2 rings (SSSR count). The molecule has 2 nitrogen and oxygen atoms in total. The molecule has 0 bridgehead atoms. The highest BCUT2D eigenvalue weighted by Gasteiger charge is 2.21. The van der Waals surface area contributed by atoms with Gasteiger partial charge in [0.05, 0.1) is 0 Å². The summed E-state index contributed by atoms with van der Waals surface area (Å²) in [6.45, 7) is 4.53. The highest BCUT2D eigenvalue weighted by Crippen LogP contribution is 2.29. The number of nitrogens with zero attached hydrogens (tertiary/aromatic N) is 1. The van der Waals surface area contributed by atoms with Crippen LogP contribution in [0.3, 0.4) is 0 Å². The number of hydrogen-bond donors (Lipinski definition) is 1. The number of piperidine rings is 1. The van der Waals surface area contributed by atoms with Crippen molar-refractivity contribution in [2.45, 2.75) is 25.7 Å². The summed E-state index contributed by atoms with van der Waals surface area (Å²) in [6.07, 6.45) is 2.49. The molecule has 0 radical (unpaired) electrons. The highest BCUT2D eigenvalue weighted by atomic mass is 35.5. The van der Waals surface area contributed by atoms with Gasteiger partial charge in [-0.2, -0.15) is 0 Å². The van der Waals surface area contributed by atoms with Crippen LogP contribution in [0.4, 0.5) is 0 Å². The molecule has 1 unspecified atom stereocenters. The topological polar surface area (TPSA) is 24.9 Å². The first kappa shape index (κ1) is 10.9. The van der Waals surface area contributed by atoms with E-state index in [1.165, 1.54) is 12.8 Å². The van der Waals surface area contributed by atoms with Crippen LogP contribution in [0.15, 0.2) is 18.2 Å². The highest BCUT2D eigenvalue weighted by molar-refractivity contribution is 6.29. The molecule has 3 heteroatoms. The predicted octanol–water partition coefficient (Wildman–Crippen LogP) is 2.84. The second-order valence-corrected chi connectivity index (χ2v) is 4.65. The molecule has 82 valence electrons. The van der Waals surface area contributed by atoms with Crippen LogP contribution in [0.2, 0.25) is 5.15 Å². The summed E-state index contributed by atoms with van der Waals surface area (Å²) in [4.78, 5) is 4.39. The normalized spacial score (nSPS) is 20.1. The third-order valence-corrected chi connectivity index (χ3v) is 3.50. The van der Waals surface area contributed by atoms with E-state index in [4.69, 9.17) is 11.6 Å². The predicted molar refractivity (Wildman–Crippen MR) is 63.3 cm³/mol. The van der Waals surface area contributed by atoms with E-state index in [1.807, 2.05) is 12.1 Å². The Balaban J connectivity index is 2.08. The minimum Gasteiger partial charge on any atom is -0.317 e. The Kier molecular flexibility index (Phi) is 3.60. The average molecular weight is 225 g/mol. The van der Waals surface area contributed by atoms with Crippen molar-refractivity contribution in [1.29, 1.82) is 0 Å². The molecular weight excluding hydrogens is 208 g/mol. The van der Waals surface area contributed by atoms with Crippen LogP contribution in [0.5, 0.6) is 0 Å². The minimum absolute atomic E-state index is 0.519. The van der Waals surface area contributed by atoms with Crippen LogP contribution in [0.25, 0.3) is 0 Å². The second-order valence-electron chi connectivity index (χ2n) is 4.26. The van der Waals surface area contributed by atoms with Gasteiger partial charge >= 0.3 is 0 Å². The van der Waals surface area contributed by atoms with Gasteiger partial charge in [-0.05, 0) is 44.0 Å². The zero-order valence-corrected chi connectivity index (χ0v) is 9.80. The molecule has 1 fully saturated rings.